The Hall–Kier alpha value is -5.06. The molecule has 1 aromatic heterocycles. The Morgan fingerprint density at radius 3 is 2.26 bits per heavy atom. The largest absolute Gasteiger partial charge is 0.465 e. The Morgan fingerprint density at radius 1 is 0.882 bits per heavy atom. The molecule has 0 aliphatic carbocycles. The summed E-state index contributed by atoms with van der Waals surface area (Å²) < 4.78 is 21.9. The van der Waals surface area contributed by atoms with Crippen LogP contribution >= 0.6 is 0 Å². The lowest BCUT2D eigenvalue weighted by Gasteiger charge is -2.21. The average Bonchev–Trinajstić information content (AvgIpc) is 2.85. The number of nitro groups is 1. The third-order valence-corrected chi connectivity index (χ3v) is 4.85. The molecule has 0 unspecified atom stereocenters. The Kier molecular flexibility index (Phi) is 4.98. The van der Waals surface area contributed by atoms with Gasteiger partial charge < -0.3 is 18.9 Å². The van der Waals surface area contributed by atoms with Crippen molar-refractivity contribution in [2.45, 2.75) is 0 Å². The number of nitrogens with zero attached hydrogens (tertiary/aromatic N) is 3. The van der Waals surface area contributed by atoms with Crippen LogP contribution in [0.25, 0.3) is 11.0 Å². The lowest BCUT2D eigenvalue weighted by Crippen LogP contribution is -2.13. The summed E-state index contributed by atoms with van der Waals surface area (Å²) >= 11 is 0. The summed E-state index contributed by atoms with van der Waals surface area (Å²) in [4.78, 5) is 44.1. The maximum atomic E-state index is 12.8. The number of carbonyl (C=O) groups is 2. The minimum atomic E-state index is -0.910. The number of fused-ring (bicyclic) bond motifs is 3. The highest BCUT2D eigenvalue weighted by Gasteiger charge is 2.29. The van der Waals surface area contributed by atoms with Crippen molar-refractivity contribution in [2.75, 3.05) is 7.11 Å². The predicted molar refractivity (Wildman–Crippen MR) is 116 cm³/mol. The van der Waals surface area contributed by atoms with E-state index in [1.165, 1.54) is 37.4 Å². The van der Waals surface area contributed by atoms with E-state index in [0.29, 0.717) is 11.0 Å². The fourth-order valence-corrected chi connectivity index (χ4v) is 3.27. The monoisotopic (exact) mass is 459 g/mol. The lowest BCUT2D eigenvalue weighted by molar-refractivity contribution is -0.384. The van der Waals surface area contributed by atoms with Crippen molar-refractivity contribution in [3.8, 4) is 29.0 Å². The number of ether oxygens (including phenoxy) is 4. The molecule has 0 saturated heterocycles. The van der Waals surface area contributed by atoms with Gasteiger partial charge in [-0.15, -0.1) is 0 Å². The molecule has 0 bridgehead atoms. The van der Waals surface area contributed by atoms with Gasteiger partial charge in [0.05, 0.1) is 34.2 Å². The highest BCUT2D eigenvalue weighted by Crippen LogP contribution is 2.49. The van der Waals surface area contributed by atoms with E-state index in [1.54, 1.807) is 24.3 Å². The molecule has 3 aromatic carbocycles. The van der Waals surface area contributed by atoms with Gasteiger partial charge in [0, 0.05) is 12.1 Å². The second-order valence-electron chi connectivity index (χ2n) is 7.02. The van der Waals surface area contributed by atoms with Crippen molar-refractivity contribution in [1.29, 1.82) is 0 Å². The summed E-state index contributed by atoms with van der Waals surface area (Å²) in [6.07, 6.45) is 0. The van der Waals surface area contributed by atoms with Gasteiger partial charge in [0.15, 0.2) is 11.5 Å². The number of benzene rings is 3. The quantitative estimate of drug-likeness (QED) is 0.164. The molecule has 11 heteroatoms. The maximum absolute atomic E-state index is 12.8. The van der Waals surface area contributed by atoms with Crippen LogP contribution in [0.1, 0.15) is 20.7 Å². The van der Waals surface area contributed by atoms with Gasteiger partial charge >= 0.3 is 11.9 Å². The van der Waals surface area contributed by atoms with Crippen LogP contribution in [0.15, 0.2) is 60.7 Å². The first-order valence-electron chi connectivity index (χ1n) is 9.78. The minimum absolute atomic E-state index is 0.0175. The van der Waals surface area contributed by atoms with Crippen molar-refractivity contribution in [3.05, 3.63) is 81.9 Å². The van der Waals surface area contributed by atoms with Crippen LogP contribution in [0.5, 0.6) is 29.0 Å². The van der Waals surface area contributed by atoms with Gasteiger partial charge in [-0.3, -0.25) is 10.1 Å². The first-order valence-corrected chi connectivity index (χ1v) is 9.78. The molecule has 0 N–H and O–H groups in total. The SMILES string of the molecule is COC(=O)c1cc(OC(=O)c2cccc([N+](=O)[O-])c2)c2c(c1)Oc1nc3ccccc3nc1O2. The molecule has 0 radical (unpaired) electrons. The van der Waals surface area contributed by atoms with Crippen molar-refractivity contribution in [3.63, 3.8) is 0 Å². The molecule has 168 valence electrons. The molecule has 2 heterocycles. The van der Waals surface area contributed by atoms with Crippen LogP contribution in [0.2, 0.25) is 0 Å². The van der Waals surface area contributed by atoms with E-state index in [4.69, 9.17) is 18.9 Å². The molecule has 0 fully saturated rings. The number of rotatable bonds is 4. The standard InChI is InChI=1S/C23H13N3O8/c1-31-22(27)13-10-17-19(34-21-20(32-17)24-15-7-2-3-8-16(15)25-21)18(11-13)33-23(28)12-5-4-6-14(9-12)26(29)30/h2-11H,1H3. The number of hydrogen-bond donors (Lipinski definition) is 0. The van der Waals surface area contributed by atoms with Gasteiger partial charge in [-0.1, -0.05) is 18.2 Å². The van der Waals surface area contributed by atoms with E-state index in [2.05, 4.69) is 9.97 Å². The normalized spacial score (nSPS) is 11.4. The number of para-hydroxylation sites is 2. The summed E-state index contributed by atoms with van der Waals surface area (Å²) in [5, 5.41) is 11.0. The molecule has 0 atom stereocenters. The van der Waals surface area contributed by atoms with Gasteiger partial charge in [0.1, 0.15) is 0 Å². The first kappa shape index (κ1) is 20.8. The molecule has 5 rings (SSSR count). The van der Waals surface area contributed by atoms with Gasteiger partial charge in [0.2, 0.25) is 5.75 Å². The second kappa shape index (κ2) is 8.13. The minimum Gasteiger partial charge on any atom is -0.465 e. The number of aromatic nitrogens is 2. The number of methoxy groups -OCH3 is 1. The average molecular weight is 459 g/mol. The molecule has 11 nitrogen and oxygen atoms in total. The number of nitro benzene ring substituents is 1. The Bertz CT molecular complexity index is 1500. The van der Waals surface area contributed by atoms with E-state index < -0.39 is 16.9 Å². The molecule has 0 spiro atoms. The number of hydrogen-bond acceptors (Lipinski definition) is 10. The van der Waals surface area contributed by atoms with E-state index >= 15 is 0 Å². The van der Waals surface area contributed by atoms with E-state index in [0.717, 1.165) is 6.07 Å². The van der Waals surface area contributed by atoms with Crippen molar-refractivity contribution < 1.29 is 33.5 Å². The molecule has 4 aromatic rings. The zero-order chi connectivity index (χ0) is 23.8. The van der Waals surface area contributed by atoms with Crippen LogP contribution in [0, 0.1) is 10.1 Å². The van der Waals surface area contributed by atoms with E-state index in [-0.39, 0.29) is 45.8 Å². The first-order chi connectivity index (χ1) is 16.4. The Labute approximate surface area is 190 Å². The maximum Gasteiger partial charge on any atom is 0.343 e. The zero-order valence-corrected chi connectivity index (χ0v) is 17.4. The fraction of sp³-hybridized carbons (Fsp3) is 0.0435. The lowest BCUT2D eigenvalue weighted by atomic mass is 10.1. The summed E-state index contributed by atoms with van der Waals surface area (Å²) in [7, 11) is 1.20. The smallest absolute Gasteiger partial charge is 0.343 e. The molecule has 34 heavy (non-hydrogen) atoms. The van der Waals surface area contributed by atoms with Gasteiger partial charge in [-0.05, 0) is 30.3 Å². The molecule has 0 amide bonds. The third kappa shape index (κ3) is 3.71. The Balaban J connectivity index is 1.56. The Morgan fingerprint density at radius 2 is 1.59 bits per heavy atom. The fourth-order valence-electron chi connectivity index (χ4n) is 3.27. The van der Waals surface area contributed by atoms with Gasteiger partial charge in [0.25, 0.3) is 17.4 Å². The molecular weight excluding hydrogens is 446 g/mol. The summed E-state index contributed by atoms with van der Waals surface area (Å²) in [5.74, 6) is -1.68. The number of non-ortho nitro benzene ring substituents is 1. The molecule has 0 saturated carbocycles. The van der Waals surface area contributed by atoms with E-state index in [9.17, 15) is 19.7 Å². The molecule has 1 aliphatic heterocycles. The molecule has 1 aliphatic rings. The summed E-state index contributed by atoms with van der Waals surface area (Å²) in [6, 6.07) is 14.7. The van der Waals surface area contributed by atoms with Crippen LogP contribution in [-0.2, 0) is 4.74 Å². The van der Waals surface area contributed by atoms with Crippen molar-refractivity contribution in [2.24, 2.45) is 0 Å². The molecular formula is C23H13N3O8. The zero-order valence-electron chi connectivity index (χ0n) is 17.4. The summed E-state index contributed by atoms with van der Waals surface area (Å²) in [6.45, 7) is 0. The number of carbonyl (C=O) groups excluding carboxylic acids is 2. The van der Waals surface area contributed by atoms with E-state index in [1.807, 2.05) is 0 Å². The predicted octanol–water partition coefficient (Wildman–Crippen LogP) is 4.44. The van der Waals surface area contributed by atoms with Gasteiger partial charge in [-0.2, -0.15) is 0 Å². The second-order valence-corrected chi connectivity index (χ2v) is 7.02. The highest BCUT2D eigenvalue weighted by atomic mass is 16.6. The number of esters is 2. The van der Waals surface area contributed by atoms with Crippen molar-refractivity contribution in [1.82, 2.24) is 9.97 Å². The van der Waals surface area contributed by atoms with Gasteiger partial charge in [-0.25, -0.2) is 19.6 Å². The van der Waals surface area contributed by atoms with Crippen LogP contribution < -0.4 is 14.2 Å². The van der Waals surface area contributed by atoms with Crippen LogP contribution in [-0.4, -0.2) is 33.9 Å². The van der Waals surface area contributed by atoms with Crippen LogP contribution in [0.3, 0.4) is 0 Å². The highest BCUT2D eigenvalue weighted by molar-refractivity contribution is 5.94. The van der Waals surface area contributed by atoms with Crippen molar-refractivity contribution >= 4 is 28.7 Å². The topological polar surface area (TPSA) is 140 Å². The summed E-state index contributed by atoms with van der Waals surface area (Å²) in [5.41, 5.74) is 0.776. The third-order valence-electron chi connectivity index (χ3n) is 4.85. The van der Waals surface area contributed by atoms with Crippen LogP contribution in [0.4, 0.5) is 5.69 Å².